The van der Waals surface area contributed by atoms with Gasteiger partial charge in [0.1, 0.15) is 34.1 Å². The van der Waals surface area contributed by atoms with E-state index in [1.807, 2.05) is 63.4 Å². The molecule has 2 heterocycles. The number of likely N-dealkylation sites (N-methyl/N-ethyl adjacent to an activating group) is 2. The standard InChI is InChI=1S/C25H29N3O3S/c1-5-28-15-20(31-22-9-7-6-8-21(22)28)14-27(4)25(29)24-18(3)26-23(32-24)16-30-19-12-10-17(2)11-13-19/h6-13,20H,5,14-16H2,1-4H3. The van der Waals surface area contributed by atoms with Crippen LogP contribution in [0.25, 0.3) is 0 Å². The van der Waals surface area contributed by atoms with E-state index in [9.17, 15) is 4.79 Å². The Balaban J connectivity index is 1.39. The lowest BCUT2D eigenvalue weighted by molar-refractivity contribution is 0.0713. The summed E-state index contributed by atoms with van der Waals surface area (Å²) in [5.41, 5.74) is 3.03. The maximum atomic E-state index is 13.1. The molecule has 0 aliphatic carbocycles. The minimum Gasteiger partial charge on any atom is -0.486 e. The molecule has 6 nitrogen and oxygen atoms in total. The normalized spacial score (nSPS) is 15.1. The lowest BCUT2D eigenvalue weighted by Gasteiger charge is -2.37. The molecule has 0 radical (unpaired) electrons. The molecule has 1 unspecified atom stereocenters. The number of aromatic nitrogens is 1. The van der Waals surface area contributed by atoms with Crippen LogP contribution in [0.2, 0.25) is 0 Å². The van der Waals surface area contributed by atoms with Crippen molar-refractivity contribution >= 4 is 22.9 Å². The number of rotatable bonds is 7. The van der Waals surface area contributed by atoms with Gasteiger partial charge in [0.2, 0.25) is 0 Å². The summed E-state index contributed by atoms with van der Waals surface area (Å²) in [6.45, 7) is 8.55. The van der Waals surface area contributed by atoms with Crippen molar-refractivity contribution in [2.24, 2.45) is 0 Å². The molecular weight excluding hydrogens is 422 g/mol. The highest BCUT2D eigenvalue weighted by Gasteiger charge is 2.28. The van der Waals surface area contributed by atoms with Crippen LogP contribution in [0.4, 0.5) is 5.69 Å². The van der Waals surface area contributed by atoms with Crippen LogP contribution in [0, 0.1) is 13.8 Å². The van der Waals surface area contributed by atoms with E-state index < -0.39 is 0 Å². The molecule has 1 aromatic heterocycles. The van der Waals surface area contributed by atoms with Crippen LogP contribution in [0.15, 0.2) is 48.5 Å². The topological polar surface area (TPSA) is 54.9 Å². The quantitative estimate of drug-likeness (QED) is 0.521. The van der Waals surface area contributed by atoms with Crippen molar-refractivity contribution in [3.05, 3.63) is 69.7 Å². The highest BCUT2D eigenvalue weighted by Crippen LogP contribution is 2.33. The molecule has 0 bridgehead atoms. The number of carbonyl (C=O) groups excluding carboxylic acids is 1. The Morgan fingerprint density at radius 2 is 1.97 bits per heavy atom. The number of aryl methyl sites for hydroxylation is 2. The zero-order valence-electron chi connectivity index (χ0n) is 19.0. The van der Waals surface area contributed by atoms with Gasteiger partial charge in [-0.3, -0.25) is 4.79 Å². The van der Waals surface area contributed by atoms with Crippen molar-refractivity contribution in [2.75, 3.05) is 31.6 Å². The van der Waals surface area contributed by atoms with E-state index in [1.165, 1.54) is 16.9 Å². The Bertz CT molecular complexity index is 1080. The molecule has 0 saturated heterocycles. The number of anilines is 1. The van der Waals surface area contributed by atoms with Crippen molar-refractivity contribution in [1.29, 1.82) is 0 Å². The third-order valence-electron chi connectivity index (χ3n) is 5.55. The van der Waals surface area contributed by atoms with E-state index in [0.717, 1.165) is 41.0 Å². The number of nitrogens with zero attached hydrogens (tertiary/aromatic N) is 3. The SMILES string of the molecule is CCN1CC(CN(C)C(=O)c2sc(COc3ccc(C)cc3)nc2C)Oc2ccccc21. The summed E-state index contributed by atoms with van der Waals surface area (Å²) >= 11 is 1.40. The van der Waals surface area contributed by atoms with E-state index in [1.54, 1.807) is 4.90 Å². The molecule has 0 saturated carbocycles. The molecule has 4 rings (SSSR count). The van der Waals surface area contributed by atoms with Crippen molar-refractivity contribution in [2.45, 2.75) is 33.5 Å². The van der Waals surface area contributed by atoms with Crippen molar-refractivity contribution < 1.29 is 14.3 Å². The number of ether oxygens (including phenoxy) is 2. The van der Waals surface area contributed by atoms with Gasteiger partial charge in [0.15, 0.2) is 0 Å². The third-order valence-corrected chi connectivity index (χ3v) is 6.67. The highest BCUT2D eigenvalue weighted by molar-refractivity contribution is 7.13. The molecule has 168 valence electrons. The maximum Gasteiger partial charge on any atom is 0.265 e. The van der Waals surface area contributed by atoms with Gasteiger partial charge >= 0.3 is 0 Å². The lowest BCUT2D eigenvalue weighted by atomic mass is 10.2. The summed E-state index contributed by atoms with van der Waals surface area (Å²) < 4.78 is 12.0. The first-order chi connectivity index (χ1) is 15.4. The van der Waals surface area contributed by atoms with Crippen molar-refractivity contribution in [3.63, 3.8) is 0 Å². The number of benzene rings is 2. The van der Waals surface area contributed by atoms with E-state index in [2.05, 4.69) is 22.9 Å². The van der Waals surface area contributed by atoms with Gasteiger partial charge in [-0.1, -0.05) is 29.8 Å². The van der Waals surface area contributed by atoms with Crippen LogP contribution in [-0.4, -0.2) is 48.6 Å². The third kappa shape index (κ3) is 4.88. The van der Waals surface area contributed by atoms with E-state index in [-0.39, 0.29) is 12.0 Å². The maximum absolute atomic E-state index is 13.1. The van der Waals surface area contributed by atoms with Gasteiger partial charge < -0.3 is 19.3 Å². The zero-order chi connectivity index (χ0) is 22.7. The van der Waals surface area contributed by atoms with Crippen LogP contribution in [0.3, 0.4) is 0 Å². The van der Waals surface area contributed by atoms with Gasteiger partial charge in [-0.2, -0.15) is 0 Å². The number of fused-ring (bicyclic) bond motifs is 1. The smallest absolute Gasteiger partial charge is 0.265 e. The molecule has 7 heteroatoms. The van der Waals surface area contributed by atoms with E-state index in [0.29, 0.717) is 18.0 Å². The molecule has 1 aliphatic rings. The van der Waals surface area contributed by atoms with Gasteiger partial charge in [0.05, 0.1) is 24.5 Å². The summed E-state index contributed by atoms with van der Waals surface area (Å²) in [7, 11) is 1.82. The van der Waals surface area contributed by atoms with Gasteiger partial charge in [-0.15, -0.1) is 11.3 Å². The van der Waals surface area contributed by atoms with Gasteiger partial charge in [-0.25, -0.2) is 4.98 Å². The molecule has 1 aliphatic heterocycles. The molecular formula is C25H29N3O3S. The van der Waals surface area contributed by atoms with Gasteiger partial charge in [0.25, 0.3) is 5.91 Å². The van der Waals surface area contributed by atoms with E-state index >= 15 is 0 Å². The van der Waals surface area contributed by atoms with Crippen molar-refractivity contribution in [1.82, 2.24) is 9.88 Å². The minimum atomic E-state index is -0.0867. The molecule has 0 N–H and O–H groups in total. The fraction of sp³-hybridized carbons (Fsp3) is 0.360. The molecule has 1 atom stereocenters. The first-order valence-corrected chi connectivity index (χ1v) is 11.7. The van der Waals surface area contributed by atoms with Crippen LogP contribution in [-0.2, 0) is 6.61 Å². The van der Waals surface area contributed by atoms with Gasteiger partial charge in [0, 0.05) is 13.6 Å². The molecule has 32 heavy (non-hydrogen) atoms. The number of hydrogen-bond donors (Lipinski definition) is 0. The summed E-state index contributed by atoms with van der Waals surface area (Å²) in [4.78, 5) is 22.4. The lowest BCUT2D eigenvalue weighted by Crippen LogP contribution is -2.46. The molecule has 1 amide bonds. The Morgan fingerprint density at radius 1 is 1.22 bits per heavy atom. The average molecular weight is 452 g/mol. The Labute approximate surface area is 193 Å². The largest absolute Gasteiger partial charge is 0.486 e. The molecule has 2 aromatic carbocycles. The Kier molecular flexibility index (Phi) is 6.65. The summed E-state index contributed by atoms with van der Waals surface area (Å²) in [5.74, 6) is 1.63. The predicted molar refractivity (Wildman–Crippen MR) is 128 cm³/mol. The van der Waals surface area contributed by atoms with Crippen LogP contribution in [0.1, 0.15) is 32.9 Å². The first kappa shape index (κ1) is 22.1. The van der Waals surface area contributed by atoms with Crippen LogP contribution in [0.5, 0.6) is 11.5 Å². The first-order valence-electron chi connectivity index (χ1n) is 10.9. The number of hydrogen-bond acceptors (Lipinski definition) is 6. The Morgan fingerprint density at radius 3 is 2.72 bits per heavy atom. The van der Waals surface area contributed by atoms with Gasteiger partial charge in [-0.05, 0) is 45.0 Å². The van der Waals surface area contributed by atoms with Crippen LogP contribution < -0.4 is 14.4 Å². The Hall–Kier alpha value is -3.06. The number of amides is 1. The fourth-order valence-electron chi connectivity index (χ4n) is 3.83. The number of carbonyl (C=O) groups is 1. The molecule has 3 aromatic rings. The predicted octanol–water partition coefficient (Wildman–Crippen LogP) is 4.70. The minimum absolute atomic E-state index is 0.0351. The fourth-order valence-corrected chi connectivity index (χ4v) is 4.80. The number of thiazole rings is 1. The second-order valence-electron chi connectivity index (χ2n) is 8.06. The average Bonchev–Trinajstić information content (AvgIpc) is 3.17. The zero-order valence-corrected chi connectivity index (χ0v) is 19.8. The second kappa shape index (κ2) is 9.61. The van der Waals surface area contributed by atoms with E-state index in [4.69, 9.17) is 9.47 Å². The second-order valence-corrected chi connectivity index (χ2v) is 9.14. The summed E-state index contributed by atoms with van der Waals surface area (Å²) in [5, 5.41) is 0.792. The summed E-state index contributed by atoms with van der Waals surface area (Å²) in [6.07, 6.45) is -0.0867. The molecule has 0 fully saturated rings. The molecule has 0 spiro atoms. The van der Waals surface area contributed by atoms with Crippen LogP contribution >= 0.6 is 11.3 Å². The van der Waals surface area contributed by atoms with Crippen molar-refractivity contribution in [3.8, 4) is 11.5 Å². The monoisotopic (exact) mass is 451 g/mol. The summed E-state index contributed by atoms with van der Waals surface area (Å²) in [6, 6.07) is 16.0. The highest BCUT2D eigenvalue weighted by atomic mass is 32.1. The number of para-hydroxylation sites is 2.